The van der Waals surface area contributed by atoms with Crippen molar-refractivity contribution in [2.24, 2.45) is 0 Å². The monoisotopic (exact) mass is 343 g/mol. The Hall–Kier alpha value is -2.87. The topological polar surface area (TPSA) is 90.2 Å². The Morgan fingerprint density at radius 3 is 2.71 bits per heavy atom. The van der Waals surface area contributed by atoms with Crippen LogP contribution in [0.5, 0.6) is 0 Å². The number of nitrogens with zero attached hydrogens (tertiary/aromatic N) is 3. The van der Waals surface area contributed by atoms with Crippen LogP contribution in [0, 0.1) is 10.1 Å². The number of hydrogen-bond donors (Lipinski definition) is 0. The highest BCUT2D eigenvalue weighted by Crippen LogP contribution is 2.25. The van der Waals surface area contributed by atoms with Crippen LogP contribution in [0.2, 0.25) is 0 Å². The molecule has 0 radical (unpaired) electrons. The Morgan fingerprint density at radius 1 is 1.29 bits per heavy atom. The van der Waals surface area contributed by atoms with E-state index in [9.17, 15) is 14.9 Å². The van der Waals surface area contributed by atoms with Gasteiger partial charge in [0.05, 0.1) is 11.5 Å². The lowest BCUT2D eigenvalue weighted by atomic mass is 10.2. The number of aromatic nitrogens is 3. The zero-order chi connectivity index (χ0) is 17.1. The molecule has 3 rings (SSSR count). The summed E-state index contributed by atoms with van der Waals surface area (Å²) in [5.41, 5.74) is 0.0705. The van der Waals surface area contributed by atoms with E-state index < -0.39 is 5.97 Å². The van der Waals surface area contributed by atoms with Crippen LogP contribution < -0.4 is 4.43 Å². The molecule has 7 nitrogen and oxygen atoms in total. The van der Waals surface area contributed by atoms with E-state index in [0.29, 0.717) is 9.16 Å². The Balaban J connectivity index is 2.15. The van der Waals surface area contributed by atoms with Gasteiger partial charge in [0.25, 0.3) is 5.52 Å². The van der Waals surface area contributed by atoms with E-state index in [1.54, 1.807) is 42.7 Å². The number of rotatable bonds is 4. The number of carbonyl (C=O) groups is 1. The van der Waals surface area contributed by atoms with Crippen LogP contribution in [0.3, 0.4) is 0 Å². The predicted molar refractivity (Wildman–Crippen MR) is 89.2 cm³/mol. The first-order valence-corrected chi connectivity index (χ1v) is 8.00. The van der Waals surface area contributed by atoms with Crippen LogP contribution in [0.4, 0.5) is 0 Å². The molecule has 0 atom stereocenters. The summed E-state index contributed by atoms with van der Waals surface area (Å²) in [5, 5.41) is 12.7. The minimum atomic E-state index is -0.842. The Labute approximate surface area is 141 Å². The molecule has 2 heterocycles. The summed E-state index contributed by atoms with van der Waals surface area (Å²) < 4.78 is 5.75. The smallest absolute Gasteiger partial charge is 0.410 e. The fourth-order valence-electron chi connectivity index (χ4n) is 2.30. The second kappa shape index (κ2) is 6.71. The quantitative estimate of drug-likeness (QED) is 0.410. The number of benzene rings is 1. The second-order valence-corrected chi connectivity index (χ2v) is 5.88. The summed E-state index contributed by atoms with van der Waals surface area (Å²) in [7, 11) is 1.17. The molecule has 0 spiro atoms. The van der Waals surface area contributed by atoms with E-state index in [4.69, 9.17) is 0 Å². The molecule has 3 aromatic rings. The number of methoxy groups -OCH3 is 1. The molecular weight excluding hydrogens is 330 g/mol. The first kappa shape index (κ1) is 16.0. The Morgan fingerprint density at radius 2 is 2.00 bits per heavy atom. The lowest BCUT2D eigenvalue weighted by Gasteiger charge is -2.18. The van der Waals surface area contributed by atoms with Gasteiger partial charge >= 0.3 is 11.7 Å². The highest BCUT2D eigenvalue weighted by Gasteiger charge is 2.29. The number of esters is 1. The van der Waals surface area contributed by atoms with Crippen molar-refractivity contribution in [2.45, 2.75) is 10.6 Å². The summed E-state index contributed by atoms with van der Waals surface area (Å²) in [6.07, 6.45) is 3.26. The van der Waals surface area contributed by atoms with Crippen molar-refractivity contribution in [1.82, 2.24) is 9.71 Å². The number of para-hydroxylation sites is 2. The normalized spacial score (nSPS) is 10.7. The van der Waals surface area contributed by atoms with Crippen molar-refractivity contribution in [3.63, 3.8) is 0 Å². The number of thioether (sulfide) groups is 1. The average Bonchev–Trinajstić information content (AvgIpc) is 2.63. The molecule has 24 heavy (non-hydrogen) atoms. The SMILES string of the molecule is COC(=O)c1c(CSc2ccncc2)n([O-])c2ccccc2[n+]1=O. The van der Waals surface area contributed by atoms with Crippen molar-refractivity contribution < 1.29 is 14.0 Å². The largest absolute Gasteiger partial charge is 0.805 e. The average molecular weight is 343 g/mol. The number of pyridine rings is 1. The minimum Gasteiger partial charge on any atom is -0.805 e. The third-order valence-corrected chi connectivity index (χ3v) is 4.47. The van der Waals surface area contributed by atoms with E-state index in [0.717, 1.165) is 4.90 Å². The third-order valence-electron chi connectivity index (χ3n) is 3.44. The van der Waals surface area contributed by atoms with Crippen LogP contribution in [-0.2, 0) is 10.5 Å². The standard InChI is InChI=1S/C16H13N3O4S/c1-23-16(20)15-14(10-24-11-6-8-17-9-7-11)18(21)12-4-2-3-5-13(12)19(15)22/h2-9H,10H2,1H3. The van der Waals surface area contributed by atoms with Crippen LogP contribution in [0.25, 0.3) is 11.0 Å². The van der Waals surface area contributed by atoms with Gasteiger partial charge in [-0.05, 0) is 18.2 Å². The van der Waals surface area contributed by atoms with Gasteiger partial charge in [-0.3, -0.25) is 4.98 Å². The number of fused-ring (bicyclic) bond motifs is 1. The lowest BCUT2D eigenvalue weighted by molar-refractivity contribution is -0.469. The molecule has 0 saturated carbocycles. The molecule has 122 valence electrons. The fraction of sp³-hybridized carbons (Fsp3) is 0.125. The Bertz CT molecular complexity index is 957. The van der Waals surface area contributed by atoms with Crippen molar-refractivity contribution >= 4 is 28.8 Å². The molecule has 0 aliphatic heterocycles. The van der Waals surface area contributed by atoms with Crippen molar-refractivity contribution in [2.75, 3.05) is 7.11 Å². The zero-order valence-corrected chi connectivity index (χ0v) is 13.5. The van der Waals surface area contributed by atoms with Gasteiger partial charge in [0.15, 0.2) is 0 Å². The number of ether oxygens (including phenoxy) is 1. The van der Waals surface area contributed by atoms with Crippen LogP contribution in [-0.4, -0.2) is 22.8 Å². The van der Waals surface area contributed by atoms with E-state index >= 15 is 0 Å². The van der Waals surface area contributed by atoms with Gasteiger partial charge in [0.2, 0.25) is 0 Å². The second-order valence-electron chi connectivity index (χ2n) is 4.84. The van der Waals surface area contributed by atoms with Gasteiger partial charge in [0.1, 0.15) is 11.2 Å². The van der Waals surface area contributed by atoms with E-state index in [2.05, 4.69) is 9.72 Å². The van der Waals surface area contributed by atoms with Gasteiger partial charge < -0.3 is 14.7 Å². The molecular formula is C16H13N3O4S. The van der Waals surface area contributed by atoms with Crippen molar-refractivity contribution in [3.05, 3.63) is 70.3 Å². The van der Waals surface area contributed by atoms with Gasteiger partial charge in [-0.15, -0.1) is 11.8 Å². The summed E-state index contributed by atoms with van der Waals surface area (Å²) in [5.74, 6) is -0.698. The summed E-state index contributed by atoms with van der Waals surface area (Å²) in [4.78, 5) is 29.4. The number of carbonyl (C=O) groups excluding carboxylic acids is 1. The summed E-state index contributed by atoms with van der Waals surface area (Å²) in [6, 6.07) is 9.88. The third kappa shape index (κ3) is 2.83. The first-order chi connectivity index (χ1) is 11.6. The van der Waals surface area contributed by atoms with Crippen LogP contribution in [0.15, 0.2) is 53.7 Å². The van der Waals surface area contributed by atoms with Crippen molar-refractivity contribution in [1.29, 1.82) is 0 Å². The summed E-state index contributed by atoms with van der Waals surface area (Å²) in [6.45, 7) is 0. The van der Waals surface area contributed by atoms with Gasteiger partial charge in [-0.1, -0.05) is 12.1 Å². The van der Waals surface area contributed by atoms with Gasteiger partial charge in [-0.2, -0.15) is 0 Å². The molecule has 0 unspecified atom stereocenters. The van der Waals surface area contributed by atoms with Gasteiger partial charge in [-0.25, -0.2) is 4.79 Å². The summed E-state index contributed by atoms with van der Waals surface area (Å²) >= 11 is 1.33. The maximum atomic E-state index is 12.7. The van der Waals surface area contributed by atoms with E-state index in [-0.39, 0.29) is 28.2 Å². The maximum Gasteiger partial charge on any atom is 0.410 e. The lowest BCUT2D eigenvalue weighted by Crippen LogP contribution is -2.31. The fourth-order valence-corrected chi connectivity index (χ4v) is 3.17. The highest BCUT2D eigenvalue weighted by molar-refractivity contribution is 7.98. The van der Waals surface area contributed by atoms with Crippen molar-refractivity contribution in [3.8, 4) is 0 Å². The molecule has 0 saturated heterocycles. The molecule has 1 aromatic carbocycles. The molecule has 8 heteroatoms. The molecule has 0 N–H and O–H groups in total. The molecule has 0 aliphatic carbocycles. The van der Waals surface area contributed by atoms with E-state index in [1.807, 2.05) is 0 Å². The molecule has 2 aromatic heterocycles. The number of hydrogen-bond acceptors (Lipinski definition) is 6. The Kier molecular flexibility index (Phi) is 4.48. The van der Waals surface area contributed by atoms with E-state index in [1.165, 1.54) is 24.9 Å². The van der Waals surface area contributed by atoms with Crippen LogP contribution in [0.1, 0.15) is 16.2 Å². The first-order valence-electron chi connectivity index (χ1n) is 7.01. The minimum absolute atomic E-state index is 0.0531. The molecule has 0 fully saturated rings. The maximum absolute atomic E-state index is 12.7. The molecule has 0 amide bonds. The predicted octanol–water partition coefficient (Wildman–Crippen LogP) is 2.38. The van der Waals surface area contributed by atoms with Crippen LogP contribution >= 0.6 is 11.8 Å². The van der Waals surface area contributed by atoms with Gasteiger partial charge in [0, 0.05) is 34.0 Å². The highest BCUT2D eigenvalue weighted by atomic mass is 32.2. The zero-order valence-electron chi connectivity index (χ0n) is 12.7. The molecule has 0 bridgehead atoms. The molecule has 0 aliphatic rings.